The van der Waals surface area contributed by atoms with Crippen LogP contribution in [0.2, 0.25) is 5.02 Å². The van der Waals surface area contributed by atoms with Gasteiger partial charge in [0.25, 0.3) is 5.91 Å². The van der Waals surface area contributed by atoms with Gasteiger partial charge in [0.2, 0.25) is 0 Å². The molecular formula is C24H23ClN4O. The summed E-state index contributed by atoms with van der Waals surface area (Å²) < 4.78 is 0. The molecule has 0 aliphatic carbocycles. The fraction of sp³-hybridized carbons (Fsp3) is 0.167. The Kier molecular flexibility index (Phi) is 5.72. The van der Waals surface area contributed by atoms with Gasteiger partial charge in [0.15, 0.2) is 5.96 Å². The van der Waals surface area contributed by atoms with Gasteiger partial charge in [-0.15, -0.1) is 0 Å². The van der Waals surface area contributed by atoms with Gasteiger partial charge in [-0.3, -0.25) is 10.2 Å². The number of carbonyl (C=O) groups excluding carboxylic acids is 1. The number of hydrogen-bond acceptors (Lipinski definition) is 2. The Morgan fingerprint density at radius 2 is 1.37 bits per heavy atom. The van der Waals surface area contributed by atoms with Gasteiger partial charge in [-0.25, -0.2) is 0 Å². The Morgan fingerprint density at radius 1 is 0.800 bits per heavy atom. The summed E-state index contributed by atoms with van der Waals surface area (Å²) >= 11 is 6.46. The fourth-order valence-electron chi connectivity index (χ4n) is 3.69. The van der Waals surface area contributed by atoms with E-state index in [1.54, 1.807) is 21.9 Å². The number of hydrogen-bond donors (Lipinski definition) is 2. The number of nitrogens with two attached hydrogens (primary N) is 1. The zero-order chi connectivity index (χ0) is 21.1. The topological polar surface area (TPSA) is 73.4 Å². The lowest BCUT2D eigenvalue weighted by Crippen LogP contribution is -2.52. The number of amides is 1. The van der Waals surface area contributed by atoms with E-state index in [0.717, 1.165) is 22.3 Å². The van der Waals surface area contributed by atoms with Crippen LogP contribution in [0, 0.1) is 5.41 Å². The average Bonchev–Trinajstić information content (AvgIpc) is 2.80. The molecule has 0 radical (unpaired) electrons. The maximum atomic E-state index is 13.0. The van der Waals surface area contributed by atoms with Crippen molar-refractivity contribution in [2.24, 2.45) is 5.73 Å². The standard InChI is InChI=1S/C24H23ClN4O/c25-22-11-10-20(23(30)28-12-14-29(15-13-28)24(26)27)16-21(22)19-8-6-18(7-9-19)17-4-2-1-3-5-17/h1-11,16H,12-15H2,(H3,26,27). The van der Waals surface area contributed by atoms with Crippen molar-refractivity contribution in [3.8, 4) is 22.3 Å². The molecule has 1 aliphatic rings. The highest BCUT2D eigenvalue weighted by Crippen LogP contribution is 2.31. The Labute approximate surface area is 181 Å². The summed E-state index contributed by atoms with van der Waals surface area (Å²) in [6.07, 6.45) is 0. The van der Waals surface area contributed by atoms with Gasteiger partial charge in [-0.1, -0.05) is 66.2 Å². The van der Waals surface area contributed by atoms with Gasteiger partial charge in [-0.05, 0) is 34.9 Å². The van der Waals surface area contributed by atoms with Gasteiger partial charge in [0, 0.05) is 42.3 Å². The molecule has 1 aliphatic heterocycles. The molecule has 1 amide bonds. The largest absolute Gasteiger partial charge is 0.370 e. The van der Waals surface area contributed by atoms with Crippen LogP contribution in [-0.2, 0) is 0 Å². The van der Waals surface area contributed by atoms with Crippen molar-refractivity contribution in [3.63, 3.8) is 0 Å². The van der Waals surface area contributed by atoms with Crippen LogP contribution in [0.15, 0.2) is 72.8 Å². The predicted octanol–water partition coefficient (Wildman–Crippen LogP) is 4.33. The number of piperazine rings is 1. The molecule has 3 N–H and O–H groups in total. The molecule has 30 heavy (non-hydrogen) atoms. The molecule has 152 valence electrons. The van der Waals surface area contributed by atoms with E-state index < -0.39 is 0 Å². The van der Waals surface area contributed by atoms with Crippen molar-refractivity contribution in [2.45, 2.75) is 0 Å². The zero-order valence-corrected chi connectivity index (χ0v) is 17.3. The molecule has 5 nitrogen and oxygen atoms in total. The van der Waals surface area contributed by atoms with E-state index in [1.165, 1.54) is 0 Å². The fourth-order valence-corrected chi connectivity index (χ4v) is 3.91. The second-order valence-electron chi connectivity index (χ2n) is 7.30. The van der Waals surface area contributed by atoms with Crippen LogP contribution in [0.3, 0.4) is 0 Å². The molecule has 1 fully saturated rings. The highest BCUT2D eigenvalue weighted by molar-refractivity contribution is 6.33. The van der Waals surface area contributed by atoms with Gasteiger partial charge >= 0.3 is 0 Å². The minimum atomic E-state index is -0.0305. The lowest BCUT2D eigenvalue weighted by molar-refractivity contribution is 0.0690. The average molecular weight is 419 g/mol. The van der Waals surface area contributed by atoms with Crippen LogP contribution in [0.4, 0.5) is 0 Å². The van der Waals surface area contributed by atoms with Gasteiger partial charge < -0.3 is 15.5 Å². The lowest BCUT2D eigenvalue weighted by atomic mass is 9.99. The molecular weight excluding hydrogens is 396 g/mol. The first kappa shape index (κ1) is 20.0. The van der Waals surface area contributed by atoms with E-state index in [1.807, 2.05) is 36.4 Å². The third kappa shape index (κ3) is 4.16. The number of rotatable bonds is 3. The van der Waals surface area contributed by atoms with Crippen LogP contribution in [0.1, 0.15) is 10.4 Å². The Bertz CT molecular complexity index is 1060. The molecule has 3 aromatic carbocycles. The summed E-state index contributed by atoms with van der Waals surface area (Å²) in [5, 5.41) is 8.14. The normalized spacial score (nSPS) is 13.9. The van der Waals surface area contributed by atoms with Crippen molar-refractivity contribution in [1.82, 2.24) is 9.80 Å². The van der Waals surface area contributed by atoms with E-state index in [4.69, 9.17) is 22.7 Å². The molecule has 1 saturated heterocycles. The first-order valence-electron chi connectivity index (χ1n) is 9.86. The van der Waals surface area contributed by atoms with Crippen LogP contribution < -0.4 is 5.73 Å². The molecule has 6 heteroatoms. The smallest absolute Gasteiger partial charge is 0.253 e. The Balaban J connectivity index is 1.55. The van der Waals surface area contributed by atoms with Crippen LogP contribution in [-0.4, -0.2) is 47.8 Å². The number of benzene rings is 3. The summed E-state index contributed by atoms with van der Waals surface area (Å²) in [5.41, 5.74) is 10.2. The SMILES string of the molecule is N=C(N)N1CCN(C(=O)c2ccc(Cl)c(-c3ccc(-c4ccccc4)cc3)c2)CC1. The Morgan fingerprint density at radius 3 is 2.00 bits per heavy atom. The van der Waals surface area contributed by atoms with Crippen LogP contribution in [0.25, 0.3) is 22.3 Å². The minimum Gasteiger partial charge on any atom is -0.370 e. The molecule has 1 heterocycles. The van der Waals surface area contributed by atoms with Crippen molar-refractivity contribution < 1.29 is 4.79 Å². The molecule has 4 rings (SSSR count). The molecule has 0 unspecified atom stereocenters. The summed E-state index contributed by atoms with van der Waals surface area (Å²) in [6.45, 7) is 2.23. The number of carbonyl (C=O) groups is 1. The maximum Gasteiger partial charge on any atom is 0.253 e. The van der Waals surface area contributed by atoms with Crippen LogP contribution >= 0.6 is 11.6 Å². The second-order valence-corrected chi connectivity index (χ2v) is 7.71. The second kappa shape index (κ2) is 8.59. The molecule has 0 saturated carbocycles. The minimum absolute atomic E-state index is 0.0305. The predicted molar refractivity (Wildman–Crippen MR) is 122 cm³/mol. The van der Waals surface area contributed by atoms with Crippen molar-refractivity contribution in [2.75, 3.05) is 26.2 Å². The van der Waals surface area contributed by atoms with E-state index in [2.05, 4.69) is 24.3 Å². The van der Waals surface area contributed by atoms with Gasteiger partial charge in [-0.2, -0.15) is 0 Å². The first-order chi connectivity index (χ1) is 14.5. The number of nitrogens with one attached hydrogen (secondary N) is 1. The van der Waals surface area contributed by atoms with E-state index >= 15 is 0 Å². The molecule has 0 atom stereocenters. The number of guanidine groups is 1. The first-order valence-corrected chi connectivity index (χ1v) is 10.2. The van der Waals surface area contributed by atoms with Gasteiger partial charge in [0.05, 0.1) is 0 Å². The van der Waals surface area contributed by atoms with E-state index in [0.29, 0.717) is 36.8 Å². The van der Waals surface area contributed by atoms with Crippen molar-refractivity contribution in [1.29, 1.82) is 5.41 Å². The molecule has 3 aromatic rings. The van der Waals surface area contributed by atoms with E-state index in [9.17, 15) is 4.79 Å². The quantitative estimate of drug-likeness (QED) is 0.491. The summed E-state index contributed by atoms with van der Waals surface area (Å²) in [6, 6.07) is 23.8. The molecule has 0 aromatic heterocycles. The van der Waals surface area contributed by atoms with Crippen molar-refractivity contribution in [3.05, 3.63) is 83.4 Å². The zero-order valence-electron chi connectivity index (χ0n) is 16.5. The highest BCUT2D eigenvalue weighted by atomic mass is 35.5. The maximum absolute atomic E-state index is 13.0. The van der Waals surface area contributed by atoms with Gasteiger partial charge in [0.1, 0.15) is 0 Å². The highest BCUT2D eigenvalue weighted by Gasteiger charge is 2.23. The van der Waals surface area contributed by atoms with Crippen LogP contribution in [0.5, 0.6) is 0 Å². The summed E-state index contributed by atoms with van der Waals surface area (Å²) in [7, 11) is 0. The van der Waals surface area contributed by atoms with Crippen molar-refractivity contribution >= 4 is 23.5 Å². The summed E-state index contributed by atoms with van der Waals surface area (Å²) in [4.78, 5) is 16.6. The molecule has 0 spiro atoms. The Hall–Kier alpha value is -3.31. The number of nitrogens with zero attached hydrogens (tertiary/aromatic N) is 2. The number of halogens is 1. The van der Waals surface area contributed by atoms with E-state index in [-0.39, 0.29) is 11.9 Å². The molecule has 0 bridgehead atoms. The third-order valence-electron chi connectivity index (χ3n) is 5.42. The third-order valence-corrected chi connectivity index (χ3v) is 5.75. The lowest BCUT2D eigenvalue weighted by Gasteiger charge is -2.35. The summed E-state index contributed by atoms with van der Waals surface area (Å²) in [5.74, 6) is 0.0202. The monoisotopic (exact) mass is 418 g/mol.